The van der Waals surface area contributed by atoms with Crippen LogP contribution >= 0.6 is 0 Å². The molecule has 0 unspecified atom stereocenters. The van der Waals surface area contributed by atoms with Gasteiger partial charge in [0.25, 0.3) is 0 Å². The second kappa shape index (κ2) is 16.0. The molecule has 9 aromatic carbocycles. The summed E-state index contributed by atoms with van der Waals surface area (Å²) < 4.78 is 0. The zero-order chi connectivity index (χ0) is 41.3. The summed E-state index contributed by atoms with van der Waals surface area (Å²) in [4.78, 5) is 5.47. The molecule has 0 bridgehead atoms. The first kappa shape index (κ1) is 37.2. The highest BCUT2D eigenvalue weighted by Crippen LogP contribution is 2.58. The Bertz CT molecular complexity index is 3070. The van der Waals surface area contributed by atoms with E-state index in [-0.39, 0.29) is 6.04 Å². The van der Waals surface area contributed by atoms with Gasteiger partial charge in [0.2, 0.25) is 0 Å². The van der Waals surface area contributed by atoms with Gasteiger partial charge in [-0.3, -0.25) is 4.99 Å². The van der Waals surface area contributed by atoms with Crippen molar-refractivity contribution in [2.45, 2.75) is 11.5 Å². The van der Waals surface area contributed by atoms with Crippen LogP contribution in [-0.2, 0) is 5.41 Å². The van der Waals surface area contributed by atoms with Crippen LogP contribution in [0.1, 0.15) is 45.0 Å². The second-order valence-corrected chi connectivity index (χ2v) is 16.2. The minimum absolute atomic E-state index is 0.169. The van der Waals surface area contributed by atoms with E-state index in [1.54, 1.807) is 0 Å². The van der Waals surface area contributed by atoms with Crippen molar-refractivity contribution in [3.63, 3.8) is 0 Å². The fourth-order valence-corrected chi connectivity index (χ4v) is 9.68. The summed E-state index contributed by atoms with van der Waals surface area (Å²) in [6, 6.07) is 85.8. The fourth-order valence-electron chi connectivity index (χ4n) is 9.68. The Morgan fingerprint density at radius 3 is 1.44 bits per heavy atom. The van der Waals surface area contributed by atoms with Gasteiger partial charge in [0, 0.05) is 0 Å². The lowest BCUT2D eigenvalue weighted by Gasteiger charge is -2.34. The molecular weight excluding hydrogens is 747 g/mol. The van der Waals surface area contributed by atoms with Gasteiger partial charge in [-0.25, -0.2) is 0 Å². The van der Waals surface area contributed by atoms with Gasteiger partial charge in [-0.15, -0.1) is 0 Å². The molecule has 1 atom stereocenters. The summed E-state index contributed by atoms with van der Waals surface area (Å²) in [7, 11) is 0. The second-order valence-electron chi connectivity index (χ2n) is 16.2. The van der Waals surface area contributed by atoms with Crippen LogP contribution in [0.2, 0.25) is 0 Å². The summed E-state index contributed by atoms with van der Waals surface area (Å²) in [6.07, 6.45) is 6.72. The lowest BCUT2D eigenvalue weighted by molar-refractivity contribution is 0.769. The lowest BCUT2D eigenvalue weighted by Crippen LogP contribution is -2.28. The third kappa shape index (κ3) is 6.56. The number of aliphatic imine (C=N–C) groups is 1. The minimum Gasteiger partial charge on any atom is -0.272 e. The highest BCUT2D eigenvalue weighted by molar-refractivity contribution is 6.14. The molecule has 1 heterocycles. The molecule has 11 rings (SSSR count). The molecule has 1 aliphatic carbocycles. The number of nitrogens with zero attached hydrogens (tertiary/aromatic N) is 1. The van der Waals surface area contributed by atoms with E-state index in [9.17, 15) is 0 Å². The molecule has 0 saturated heterocycles. The van der Waals surface area contributed by atoms with Crippen molar-refractivity contribution < 1.29 is 0 Å². The van der Waals surface area contributed by atoms with E-state index < -0.39 is 5.41 Å². The van der Waals surface area contributed by atoms with Crippen LogP contribution in [0.5, 0.6) is 0 Å². The highest BCUT2D eigenvalue weighted by atomic mass is 14.8. The Morgan fingerprint density at radius 2 is 0.806 bits per heavy atom. The normalized spacial score (nSPS) is 14.9. The number of hydrogen-bond acceptors (Lipinski definition) is 1. The summed E-state index contributed by atoms with van der Waals surface area (Å²) in [5, 5.41) is 0. The van der Waals surface area contributed by atoms with Crippen LogP contribution in [0, 0.1) is 0 Å². The first-order chi connectivity index (χ1) is 30.7. The van der Waals surface area contributed by atoms with Gasteiger partial charge < -0.3 is 0 Å². The van der Waals surface area contributed by atoms with Crippen molar-refractivity contribution in [2.75, 3.05) is 0 Å². The van der Waals surface area contributed by atoms with Gasteiger partial charge >= 0.3 is 0 Å². The smallest absolute Gasteiger partial charge is 0.0941 e. The van der Waals surface area contributed by atoms with Crippen LogP contribution in [-0.4, -0.2) is 5.71 Å². The molecule has 1 heteroatoms. The van der Waals surface area contributed by atoms with Gasteiger partial charge in [-0.05, 0) is 107 Å². The number of allylic oxidation sites excluding steroid dienone is 3. The van der Waals surface area contributed by atoms with Crippen molar-refractivity contribution >= 4 is 11.3 Å². The third-order valence-electron chi connectivity index (χ3n) is 12.7. The molecule has 62 heavy (non-hydrogen) atoms. The Kier molecular flexibility index (Phi) is 9.56. The molecule has 1 nitrogen and oxygen atoms in total. The molecule has 0 fully saturated rings. The van der Waals surface area contributed by atoms with Gasteiger partial charge in [0.05, 0.1) is 17.2 Å². The maximum atomic E-state index is 5.47. The van der Waals surface area contributed by atoms with Crippen LogP contribution in [0.25, 0.3) is 50.1 Å². The van der Waals surface area contributed by atoms with Gasteiger partial charge in [-0.1, -0.05) is 237 Å². The van der Waals surface area contributed by atoms with E-state index in [0.717, 1.165) is 22.4 Å². The Morgan fingerprint density at radius 1 is 0.339 bits per heavy atom. The maximum Gasteiger partial charge on any atom is 0.0941 e. The van der Waals surface area contributed by atoms with Crippen LogP contribution in [0.15, 0.2) is 260 Å². The fraction of sp³-hybridized carbons (Fsp3) is 0.0328. The van der Waals surface area contributed by atoms with Crippen LogP contribution < -0.4 is 0 Å². The van der Waals surface area contributed by atoms with Crippen molar-refractivity contribution in [3.05, 3.63) is 294 Å². The average molecular weight is 790 g/mol. The number of fused-ring (bicyclic) bond motifs is 3. The zero-order valence-electron chi connectivity index (χ0n) is 34.3. The first-order valence-electron chi connectivity index (χ1n) is 21.5. The lowest BCUT2D eigenvalue weighted by atomic mass is 9.67. The molecule has 9 aromatic rings. The van der Waals surface area contributed by atoms with Crippen molar-refractivity contribution in [2.24, 2.45) is 4.99 Å². The largest absolute Gasteiger partial charge is 0.272 e. The maximum absolute atomic E-state index is 5.47. The van der Waals surface area contributed by atoms with E-state index in [4.69, 9.17) is 4.99 Å². The average Bonchev–Trinajstić information content (AvgIpc) is 3.46. The monoisotopic (exact) mass is 789 g/mol. The Labute approximate surface area is 364 Å². The van der Waals surface area contributed by atoms with E-state index in [0.29, 0.717) is 0 Å². The molecule has 2 aliphatic rings. The van der Waals surface area contributed by atoms with E-state index in [1.165, 1.54) is 72.3 Å². The molecular formula is C61H43N. The van der Waals surface area contributed by atoms with E-state index in [2.05, 4.69) is 255 Å². The highest BCUT2D eigenvalue weighted by Gasteiger charge is 2.46. The minimum atomic E-state index is -0.489. The van der Waals surface area contributed by atoms with Crippen molar-refractivity contribution in [1.82, 2.24) is 0 Å². The molecule has 0 amide bonds. The molecule has 0 radical (unpaired) electrons. The van der Waals surface area contributed by atoms with Gasteiger partial charge in [0.1, 0.15) is 0 Å². The molecule has 0 N–H and O–H groups in total. The third-order valence-corrected chi connectivity index (χ3v) is 12.7. The molecule has 0 saturated carbocycles. The Hall–Kier alpha value is -7.87. The first-order valence-corrected chi connectivity index (χ1v) is 21.5. The summed E-state index contributed by atoms with van der Waals surface area (Å²) >= 11 is 0. The quantitative estimate of drug-likeness (QED) is 0.145. The van der Waals surface area contributed by atoms with E-state index >= 15 is 0 Å². The van der Waals surface area contributed by atoms with Crippen molar-refractivity contribution in [3.8, 4) is 44.5 Å². The predicted molar refractivity (Wildman–Crippen MR) is 259 cm³/mol. The molecule has 1 aliphatic heterocycles. The van der Waals surface area contributed by atoms with Crippen LogP contribution in [0.3, 0.4) is 0 Å². The zero-order valence-corrected chi connectivity index (χ0v) is 34.3. The predicted octanol–water partition coefficient (Wildman–Crippen LogP) is 15.2. The van der Waals surface area contributed by atoms with Gasteiger partial charge in [-0.2, -0.15) is 0 Å². The molecule has 0 spiro atoms. The molecule has 0 aromatic heterocycles. The van der Waals surface area contributed by atoms with Crippen molar-refractivity contribution in [1.29, 1.82) is 0 Å². The Balaban J connectivity index is 1.05. The summed E-state index contributed by atoms with van der Waals surface area (Å²) in [5.41, 5.74) is 19.9. The van der Waals surface area contributed by atoms with E-state index in [1.807, 2.05) is 0 Å². The number of hydrogen-bond donors (Lipinski definition) is 0. The van der Waals surface area contributed by atoms with Gasteiger partial charge in [0.15, 0.2) is 0 Å². The number of rotatable bonds is 8. The standard InChI is InChI=1S/C61H43N/c1-6-18-43(19-7-1)45-30-34-49(35-31-45)60-40-50(44-20-8-2-9-21-44)38-39-59(62-60)48-36-32-47(33-37-48)55-42-58-56(41-54(55)46-22-10-3-11-23-46)53-28-16-17-29-57(53)61(58,51-24-12-4-13-25-51)52-26-14-5-15-27-52/h1-42,59H/t59-/m0/s1. The summed E-state index contributed by atoms with van der Waals surface area (Å²) in [6.45, 7) is 0. The number of benzene rings is 9. The summed E-state index contributed by atoms with van der Waals surface area (Å²) in [5.74, 6) is 0. The molecule has 292 valence electrons. The SMILES string of the molecule is C1=C[C@@H](c2ccc(-c3cc4c(cc3-c3ccccc3)-c3ccccc3C4(c3ccccc3)c3ccccc3)cc2)N=C(c2ccc(-c3ccccc3)cc2)C=C1c1ccccc1. The van der Waals surface area contributed by atoms with Crippen LogP contribution in [0.4, 0.5) is 0 Å². The topological polar surface area (TPSA) is 12.4 Å².